The van der Waals surface area contributed by atoms with E-state index in [4.69, 9.17) is 11.6 Å². The third-order valence-electron chi connectivity index (χ3n) is 3.58. The van der Waals surface area contributed by atoms with E-state index in [0.29, 0.717) is 5.15 Å². The van der Waals surface area contributed by atoms with Gasteiger partial charge in [0.15, 0.2) is 0 Å². The van der Waals surface area contributed by atoms with Crippen molar-refractivity contribution >= 4 is 11.6 Å². The third kappa shape index (κ3) is 2.25. The van der Waals surface area contributed by atoms with Gasteiger partial charge in [0.05, 0.1) is 5.41 Å². The molecular weight excluding hydrogens is 244 g/mol. The molecule has 0 atom stereocenters. The normalized spacial score (nSPS) is 11.5. The molecular formula is C15H17ClN2. The summed E-state index contributed by atoms with van der Waals surface area (Å²) in [5.74, 6) is 0.811. The van der Waals surface area contributed by atoms with Crippen LogP contribution in [-0.4, -0.2) is 9.97 Å². The summed E-state index contributed by atoms with van der Waals surface area (Å²) in [6.07, 6.45) is 3.63. The highest BCUT2D eigenvalue weighted by atomic mass is 35.5. The zero-order valence-electron chi connectivity index (χ0n) is 10.7. The van der Waals surface area contributed by atoms with Crippen molar-refractivity contribution in [3.05, 3.63) is 59.1 Å². The smallest absolute Gasteiger partial charge is 0.140 e. The molecule has 1 heterocycles. The van der Waals surface area contributed by atoms with Crippen LogP contribution in [0.15, 0.2) is 42.6 Å². The standard InChI is InChI=1S/C15H17ClN2/c1-3-15(4-2,12-8-6-5-7-9-12)14-17-11-10-13(16)18-14/h5-11H,3-4H2,1-2H3. The van der Waals surface area contributed by atoms with Crippen LogP contribution in [0.4, 0.5) is 0 Å². The van der Waals surface area contributed by atoms with Crippen LogP contribution < -0.4 is 0 Å². The average Bonchev–Trinajstić information content (AvgIpc) is 2.42. The molecule has 2 aromatic rings. The highest BCUT2D eigenvalue weighted by Crippen LogP contribution is 2.36. The molecule has 94 valence electrons. The molecule has 0 radical (unpaired) electrons. The van der Waals surface area contributed by atoms with Crippen molar-refractivity contribution in [2.45, 2.75) is 32.1 Å². The average molecular weight is 261 g/mol. The van der Waals surface area contributed by atoms with E-state index in [1.165, 1.54) is 5.56 Å². The SMILES string of the molecule is CCC(CC)(c1ccccc1)c1nccc(Cl)n1. The van der Waals surface area contributed by atoms with Crippen molar-refractivity contribution in [1.82, 2.24) is 9.97 Å². The fourth-order valence-corrected chi connectivity index (χ4v) is 2.56. The number of benzene rings is 1. The Hall–Kier alpha value is -1.41. The van der Waals surface area contributed by atoms with Gasteiger partial charge in [-0.2, -0.15) is 0 Å². The van der Waals surface area contributed by atoms with Crippen LogP contribution in [0.25, 0.3) is 0 Å². The Bertz CT molecular complexity index is 507. The summed E-state index contributed by atoms with van der Waals surface area (Å²) < 4.78 is 0. The van der Waals surface area contributed by atoms with Gasteiger partial charge in [-0.3, -0.25) is 0 Å². The van der Waals surface area contributed by atoms with Crippen molar-refractivity contribution in [3.63, 3.8) is 0 Å². The Morgan fingerprint density at radius 1 is 1.06 bits per heavy atom. The lowest BCUT2D eigenvalue weighted by molar-refractivity contribution is 0.449. The second kappa shape index (κ2) is 5.49. The number of hydrogen-bond acceptors (Lipinski definition) is 2. The van der Waals surface area contributed by atoms with Crippen LogP contribution in [0, 0.1) is 0 Å². The van der Waals surface area contributed by atoms with Gasteiger partial charge in [0.1, 0.15) is 11.0 Å². The lowest BCUT2D eigenvalue weighted by Gasteiger charge is -2.30. The van der Waals surface area contributed by atoms with Crippen molar-refractivity contribution in [2.24, 2.45) is 0 Å². The molecule has 2 rings (SSSR count). The fourth-order valence-electron chi connectivity index (χ4n) is 2.43. The van der Waals surface area contributed by atoms with Gasteiger partial charge < -0.3 is 0 Å². The lowest BCUT2D eigenvalue weighted by atomic mass is 9.75. The molecule has 18 heavy (non-hydrogen) atoms. The summed E-state index contributed by atoms with van der Waals surface area (Å²) in [5.41, 5.74) is 1.10. The molecule has 0 amide bonds. The minimum absolute atomic E-state index is 0.147. The van der Waals surface area contributed by atoms with E-state index >= 15 is 0 Å². The molecule has 0 saturated heterocycles. The quantitative estimate of drug-likeness (QED) is 0.769. The van der Waals surface area contributed by atoms with E-state index in [2.05, 4.69) is 48.1 Å². The zero-order chi connectivity index (χ0) is 13.0. The largest absolute Gasteiger partial charge is 0.240 e. The van der Waals surface area contributed by atoms with E-state index in [0.717, 1.165) is 18.7 Å². The first-order valence-corrected chi connectivity index (χ1v) is 6.65. The Morgan fingerprint density at radius 3 is 2.28 bits per heavy atom. The zero-order valence-corrected chi connectivity index (χ0v) is 11.5. The first-order chi connectivity index (χ1) is 8.73. The molecule has 0 unspecified atom stereocenters. The van der Waals surface area contributed by atoms with E-state index in [9.17, 15) is 0 Å². The monoisotopic (exact) mass is 260 g/mol. The van der Waals surface area contributed by atoms with Gasteiger partial charge in [-0.15, -0.1) is 0 Å². The van der Waals surface area contributed by atoms with E-state index in [-0.39, 0.29) is 5.41 Å². The molecule has 0 aliphatic carbocycles. The molecule has 0 aliphatic heterocycles. The van der Waals surface area contributed by atoms with Crippen molar-refractivity contribution in [2.75, 3.05) is 0 Å². The summed E-state index contributed by atoms with van der Waals surface area (Å²) in [5, 5.41) is 0.502. The van der Waals surface area contributed by atoms with E-state index in [1.807, 2.05) is 6.07 Å². The Labute approximate surface area is 113 Å². The van der Waals surface area contributed by atoms with Crippen LogP contribution in [0.1, 0.15) is 38.1 Å². The molecule has 0 saturated carbocycles. The predicted molar refractivity (Wildman–Crippen MR) is 74.8 cm³/mol. The minimum Gasteiger partial charge on any atom is -0.240 e. The van der Waals surface area contributed by atoms with Gasteiger partial charge in [0, 0.05) is 6.20 Å². The third-order valence-corrected chi connectivity index (χ3v) is 3.79. The van der Waals surface area contributed by atoms with Crippen molar-refractivity contribution < 1.29 is 0 Å². The minimum atomic E-state index is -0.147. The summed E-state index contributed by atoms with van der Waals surface area (Å²) in [6, 6.07) is 12.1. The Morgan fingerprint density at radius 2 is 1.72 bits per heavy atom. The van der Waals surface area contributed by atoms with Crippen LogP contribution in [-0.2, 0) is 5.41 Å². The molecule has 3 heteroatoms. The predicted octanol–water partition coefficient (Wildman–Crippen LogP) is 4.24. The van der Waals surface area contributed by atoms with Crippen molar-refractivity contribution in [3.8, 4) is 0 Å². The van der Waals surface area contributed by atoms with Gasteiger partial charge in [-0.1, -0.05) is 55.8 Å². The first-order valence-electron chi connectivity index (χ1n) is 6.27. The van der Waals surface area contributed by atoms with Gasteiger partial charge in [0.2, 0.25) is 0 Å². The highest BCUT2D eigenvalue weighted by molar-refractivity contribution is 6.29. The molecule has 1 aromatic heterocycles. The highest BCUT2D eigenvalue weighted by Gasteiger charge is 2.33. The number of rotatable bonds is 4. The van der Waals surface area contributed by atoms with Crippen LogP contribution in [0.2, 0.25) is 5.15 Å². The fraction of sp³-hybridized carbons (Fsp3) is 0.333. The molecule has 0 fully saturated rings. The Balaban J connectivity index is 2.57. The molecule has 0 aliphatic rings. The number of nitrogens with zero attached hydrogens (tertiary/aromatic N) is 2. The number of aromatic nitrogens is 2. The second-order valence-corrected chi connectivity index (χ2v) is 4.75. The second-order valence-electron chi connectivity index (χ2n) is 4.36. The molecule has 0 bridgehead atoms. The molecule has 1 aromatic carbocycles. The number of halogens is 1. The first kappa shape index (κ1) is 13.0. The summed E-state index contributed by atoms with van der Waals surface area (Å²) >= 11 is 6.00. The summed E-state index contributed by atoms with van der Waals surface area (Å²) in [7, 11) is 0. The summed E-state index contributed by atoms with van der Waals surface area (Å²) in [4.78, 5) is 8.85. The maximum absolute atomic E-state index is 6.00. The van der Waals surface area contributed by atoms with Gasteiger partial charge in [0.25, 0.3) is 0 Å². The lowest BCUT2D eigenvalue weighted by Crippen LogP contribution is -2.28. The molecule has 0 N–H and O–H groups in total. The molecule has 0 spiro atoms. The van der Waals surface area contributed by atoms with Gasteiger partial charge >= 0.3 is 0 Å². The Kier molecular flexibility index (Phi) is 3.97. The maximum atomic E-state index is 6.00. The van der Waals surface area contributed by atoms with Gasteiger partial charge in [-0.05, 0) is 24.5 Å². The van der Waals surface area contributed by atoms with Crippen LogP contribution in [0.5, 0.6) is 0 Å². The number of hydrogen-bond donors (Lipinski definition) is 0. The topological polar surface area (TPSA) is 25.8 Å². The van der Waals surface area contributed by atoms with Crippen LogP contribution in [0.3, 0.4) is 0 Å². The van der Waals surface area contributed by atoms with Crippen molar-refractivity contribution in [1.29, 1.82) is 0 Å². The van der Waals surface area contributed by atoms with E-state index < -0.39 is 0 Å². The maximum Gasteiger partial charge on any atom is 0.140 e. The summed E-state index contributed by atoms with van der Waals surface area (Å²) in [6.45, 7) is 4.33. The molecule has 2 nitrogen and oxygen atoms in total. The van der Waals surface area contributed by atoms with E-state index in [1.54, 1.807) is 12.3 Å². The van der Waals surface area contributed by atoms with Crippen LogP contribution >= 0.6 is 11.6 Å². The van der Waals surface area contributed by atoms with Gasteiger partial charge in [-0.25, -0.2) is 9.97 Å².